The number of benzene rings is 2. The average Bonchev–Trinajstić information content (AvgIpc) is 3.25. The van der Waals surface area contributed by atoms with E-state index in [4.69, 9.17) is 0 Å². The van der Waals surface area contributed by atoms with E-state index in [2.05, 4.69) is 71.9 Å². The average molecular weight is 480 g/mol. The van der Waals surface area contributed by atoms with Crippen LogP contribution in [0.15, 0.2) is 65.8 Å². The van der Waals surface area contributed by atoms with Gasteiger partial charge in [0.15, 0.2) is 11.0 Å². The van der Waals surface area contributed by atoms with Gasteiger partial charge in [-0.25, -0.2) is 0 Å². The molecule has 0 fully saturated rings. The summed E-state index contributed by atoms with van der Waals surface area (Å²) in [4.78, 5) is 17.4. The molecule has 1 heterocycles. The molecule has 0 spiro atoms. The van der Waals surface area contributed by atoms with Gasteiger partial charge in [0.1, 0.15) is 0 Å². The monoisotopic (exact) mass is 479 g/mol. The Hall–Kier alpha value is -2.64. The first-order valence-electron chi connectivity index (χ1n) is 12.1. The molecule has 2 aromatic carbocycles. The van der Waals surface area contributed by atoms with Crippen LogP contribution in [0.1, 0.15) is 62.1 Å². The Kier molecular flexibility index (Phi) is 9.72. The van der Waals surface area contributed by atoms with Crippen molar-refractivity contribution in [3.63, 3.8) is 0 Å². The standard InChI is InChI=1S/C27H37N5OS/c1-6-8-19-32-26(23(7-2)30(3)4)28-29-27(32)34-20-24(33)31(5)25(21-15-11-9-12-16-21)22-17-13-10-14-18-22/h9-18,23,25H,6-8,19-20H2,1-5H3/t23-/m1/s1. The van der Waals surface area contributed by atoms with E-state index < -0.39 is 0 Å². The molecule has 1 amide bonds. The fraction of sp³-hybridized carbons (Fsp3) is 0.444. The van der Waals surface area contributed by atoms with Gasteiger partial charge in [0.25, 0.3) is 0 Å². The van der Waals surface area contributed by atoms with E-state index in [0.717, 1.165) is 47.9 Å². The van der Waals surface area contributed by atoms with Gasteiger partial charge in [-0.3, -0.25) is 9.69 Å². The molecule has 1 atom stereocenters. The maximum atomic E-state index is 13.4. The molecular weight excluding hydrogens is 442 g/mol. The van der Waals surface area contributed by atoms with E-state index >= 15 is 0 Å². The van der Waals surface area contributed by atoms with Crippen LogP contribution < -0.4 is 0 Å². The summed E-state index contributed by atoms with van der Waals surface area (Å²) in [6, 6.07) is 20.5. The van der Waals surface area contributed by atoms with Gasteiger partial charge in [-0.15, -0.1) is 10.2 Å². The molecular formula is C27H37N5OS. The van der Waals surface area contributed by atoms with Gasteiger partial charge in [-0.2, -0.15) is 0 Å². The van der Waals surface area contributed by atoms with Crippen LogP contribution in [0.2, 0.25) is 0 Å². The highest BCUT2D eigenvalue weighted by Gasteiger charge is 2.25. The van der Waals surface area contributed by atoms with Crippen LogP contribution >= 0.6 is 11.8 Å². The summed E-state index contributed by atoms with van der Waals surface area (Å²) < 4.78 is 2.21. The third-order valence-electron chi connectivity index (χ3n) is 6.12. The number of thioether (sulfide) groups is 1. The van der Waals surface area contributed by atoms with E-state index in [1.165, 1.54) is 11.8 Å². The van der Waals surface area contributed by atoms with Gasteiger partial charge in [0, 0.05) is 13.6 Å². The predicted octanol–water partition coefficient (Wildman–Crippen LogP) is 5.43. The van der Waals surface area contributed by atoms with E-state index in [1.807, 2.05) is 48.3 Å². The second-order valence-electron chi connectivity index (χ2n) is 8.75. The number of nitrogens with zero attached hydrogens (tertiary/aromatic N) is 5. The topological polar surface area (TPSA) is 54.3 Å². The van der Waals surface area contributed by atoms with Crippen LogP contribution in [0.4, 0.5) is 0 Å². The summed E-state index contributed by atoms with van der Waals surface area (Å²) in [5, 5.41) is 9.85. The molecule has 0 saturated heterocycles. The lowest BCUT2D eigenvalue weighted by Crippen LogP contribution is -2.33. The minimum Gasteiger partial charge on any atom is -0.334 e. The van der Waals surface area contributed by atoms with Crippen molar-refractivity contribution in [1.82, 2.24) is 24.6 Å². The van der Waals surface area contributed by atoms with Crippen molar-refractivity contribution in [3.8, 4) is 0 Å². The highest BCUT2D eigenvalue weighted by Crippen LogP contribution is 2.30. The second-order valence-corrected chi connectivity index (χ2v) is 9.69. The normalized spacial score (nSPS) is 12.3. The minimum atomic E-state index is -0.137. The third kappa shape index (κ3) is 6.27. The van der Waals surface area contributed by atoms with Gasteiger partial charge in [0.05, 0.1) is 17.8 Å². The van der Waals surface area contributed by atoms with Crippen LogP contribution in [0.3, 0.4) is 0 Å². The van der Waals surface area contributed by atoms with Crippen molar-refractivity contribution < 1.29 is 4.79 Å². The molecule has 34 heavy (non-hydrogen) atoms. The summed E-state index contributed by atoms with van der Waals surface area (Å²) >= 11 is 1.48. The van der Waals surface area contributed by atoms with Crippen molar-refractivity contribution in [2.75, 3.05) is 26.9 Å². The number of rotatable bonds is 12. The van der Waals surface area contributed by atoms with Crippen LogP contribution in [-0.4, -0.2) is 57.4 Å². The van der Waals surface area contributed by atoms with E-state index in [-0.39, 0.29) is 18.0 Å². The third-order valence-corrected chi connectivity index (χ3v) is 7.08. The molecule has 0 aliphatic rings. The summed E-state index contributed by atoms with van der Waals surface area (Å²) in [6.45, 7) is 5.22. The number of carbonyl (C=O) groups excluding carboxylic acids is 1. The van der Waals surface area contributed by atoms with E-state index in [0.29, 0.717) is 5.75 Å². The molecule has 7 heteroatoms. The summed E-state index contributed by atoms with van der Waals surface area (Å²) in [5.41, 5.74) is 2.19. The molecule has 0 bridgehead atoms. The SMILES string of the molecule is CCCCn1c(SCC(=O)N(C)C(c2ccccc2)c2ccccc2)nnc1[C@@H](CC)N(C)C. The van der Waals surface area contributed by atoms with Gasteiger partial charge >= 0.3 is 0 Å². The lowest BCUT2D eigenvalue weighted by Gasteiger charge is -2.29. The number of carbonyl (C=O) groups is 1. The number of unbranched alkanes of at least 4 members (excludes halogenated alkanes) is 1. The first kappa shape index (κ1) is 26.0. The quantitative estimate of drug-likeness (QED) is 0.324. The summed E-state index contributed by atoms with van der Waals surface area (Å²) in [5.74, 6) is 1.36. The molecule has 182 valence electrons. The van der Waals surface area contributed by atoms with Crippen LogP contribution in [-0.2, 0) is 11.3 Å². The maximum Gasteiger partial charge on any atom is 0.233 e. The van der Waals surface area contributed by atoms with Crippen molar-refractivity contribution in [3.05, 3.63) is 77.6 Å². The van der Waals surface area contributed by atoms with Crippen molar-refractivity contribution in [2.24, 2.45) is 0 Å². The lowest BCUT2D eigenvalue weighted by atomic mass is 9.97. The Bertz CT molecular complexity index is 983. The van der Waals surface area contributed by atoms with Gasteiger partial charge in [-0.05, 0) is 38.1 Å². The maximum absolute atomic E-state index is 13.4. The summed E-state index contributed by atoms with van der Waals surface area (Å²) in [6.07, 6.45) is 3.11. The Labute approximate surface area is 208 Å². The molecule has 0 aliphatic carbocycles. The van der Waals surface area contributed by atoms with Crippen LogP contribution in [0, 0.1) is 0 Å². The fourth-order valence-electron chi connectivity index (χ4n) is 4.24. The Balaban J connectivity index is 1.80. The Morgan fingerprint density at radius 2 is 1.53 bits per heavy atom. The van der Waals surface area contributed by atoms with Gasteiger partial charge < -0.3 is 9.47 Å². The zero-order valence-corrected chi connectivity index (χ0v) is 21.8. The predicted molar refractivity (Wildman–Crippen MR) is 140 cm³/mol. The first-order valence-corrected chi connectivity index (χ1v) is 13.0. The van der Waals surface area contributed by atoms with Crippen LogP contribution in [0.25, 0.3) is 0 Å². The van der Waals surface area contributed by atoms with Crippen molar-refractivity contribution >= 4 is 17.7 Å². The molecule has 6 nitrogen and oxygen atoms in total. The number of hydrogen-bond donors (Lipinski definition) is 0. The van der Waals surface area contributed by atoms with Crippen LogP contribution in [0.5, 0.6) is 0 Å². The number of hydrogen-bond acceptors (Lipinski definition) is 5. The van der Waals surface area contributed by atoms with Crippen molar-refractivity contribution in [1.29, 1.82) is 0 Å². The Morgan fingerprint density at radius 1 is 0.941 bits per heavy atom. The Morgan fingerprint density at radius 3 is 2.03 bits per heavy atom. The molecule has 0 radical (unpaired) electrons. The van der Waals surface area contributed by atoms with Gasteiger partial charge in [-0.1, -0.05) is 92.7 Å². The number of aromatic nitrogens is 3. The highest BCUT2D eigenvalue weighted by molar-refractivity contribution is 7.99. The summed E-state index contributed by atoms with van der Waals surface area (Å²) in [7, 11) is 6.04. The highest BCUT2D eigenvalue weighted by atomic mass is 32.2. The number of amides is 1. The van der Waals surface area contributed by atoms with E-state index in [1.54, 1.807) is 0 Å². The second kappa shape index (κ2) is 12.7. The van der Waals surface area contributed by atoms with E-state index in [9.17, 15) is 4.79 Å². The molecule has 3 rings (SSSR count). The van der Waals surface area contributed by atoms with Crippen molar-refractivity contribution in [2.45, 2.75) is 56.9 Å². The molecule has 0 aliphatic heterocycles. The zero-order chi connectivity index (χ0) is 24.5. The fourth-order valence-corrected chi connectivity index (χ4v) is 5.14. The largest absolute Gasteiger partial charge is 0.334 e. The minimum absolute atomic E-state index is 0.0638. The molecule has 1 aromatic heterocycles. The molecule has 3 aromatic rings. The molecule has 0 unspecified atom stereocenters. The lowest BCUT2D eigenvalue weighted by molar-refractivity contribution is -0.128. The molecule has 0 saturated carbocycles. The zero-order valence-electron chi connectivity index (χ0n) is 21.0. The molecule has 0 N–H and O–H groups in total. The smallest absolute Gasteiger partial charge is 0.233 e. The first-order chi connectivity index (χ1) is 16.5. The van der Waals surface area contributed by atoms with Gasteiger partial charge in [0.2, 0.25) is 5.91 Å².